The van der Waals surface area contributed by atoms with Crippen LogP contribution >= 0.6 is 0 Å². The molecular weight excluding hydrogens is 356 g/mol. The molecule has 1 aliphatic heterocycles. The predicted molar refractivity (Wildman–Crippen MR) is 95.4 cm³/mol. The second-order valence-corrected chi connectivity index (χ2v) is 8.27. The summed E-state index contributed by atoms with van der Waals surface area (Å²) in [6, 6.07) is 11.5. The third-order valence-corrected chi connectivity index (χ3v) is 6.62. The Hall–Kier alpha value is -2.78. The van der Waals surface area contributed by atoms with Crippen molar-refractivity contribution in [1.82, 2.24) is 14.3 Å². The molecule has 2 heterocycles. The quantitative estimate of drug-likeness (QED) is 0.559. The lowest BCUT2D eigenvalue weighted by molar-refractivity contribution is -0.385. The molecule has 1 fully saturated rings. The minimum absolute atomic E-state index is 0.0174. The first kappa shape index (κ1) is 16.7. The second kappa shape index (κ2) is 5.89. The van der Waals surface area contributed by atoms with Crippen LogP contribution in [0.2, 0.25) is 0 Å². The van der Waals surface area contributed by atoms with Crippen molar-refractivity contribution in [1.29, 1.82) is 0 Å². The van der Waals surface area contributed by atoms with Crippen LogP contribution in [0.1, 0.15) is 17.3 Å². The summed E-state index contributed by atoms with van der Waals surface area (Å²) in [4.78, 5) is 18.1. The van der Waals surface area contributed by atoms with E-state index in [-0.39, 0.29) is 16.5 Å². The van der Waals surface area contributed by atoms with Crippen LogP contribution in [-0.2, 0) is 10.0 Å². The Bertz CT molecular complexity index is 1080. The first-order valence-corrected chi connectivity index (χ1v) is 9.50. The lowest BCUT2D eigenvalue weighted by Crippen LogP contribution is -2.48. The Morgan fingerprint density at radius 2 is 1.96 bits per heavy atom. The van der Waals surface area contributed by atoms with Crippen molar-refractivity contribution in [3.05, 3.63) is 64.0 Å². The number of aromatic nitrogens is 2. The first-order valence-electron chi connectivity index (χ1n) is 8.06. The Morgan fingerprint density at radius 3 is 2.65 bits per heavy atom. The van der Waals surface area contributed by atoms with E-state index >= 15 is 0 Å². The Balaban J connectivity index is 1.58. The number of imidazole rings is 1. The minimum atomic E-state index is -3.77. The van der Waals surface area contributed by atoms with Gasteiger partial charge in [-0.1, -0.05) is 18.2 Å². The summed E-state index contributed by atoms with van der Waals surface area (Å²) in [7, 11) is -3.77. The number of sulfonamides is 1. The maximum Gasteiger partial charge on any atom is 0.270 e. The zero-order chi connectivity index (χ0) is 18.5. The summed E-state index contributed by atoms with van der Waals surface area (Å²) in [5, 5.41) is 11.0. The largest absolute Gasteiger partial charge is 0.342 e. The fraction of sp³-hybridized carbons (Fsp3) is 0.235. The van der Waals surface area contributed by atoms with Crippen molar-refractivity contribution >= 4 is 26.7 Å². The summed E-state index contributed by atoms with van der Waals surface area (Å²) in [5.41, 5.74) is 2.02. The molecule has 4 rings (SSSR count). The number of nitrogens with one attached hydrogen (secondary N) is 1. The molecule has 0 bridgehead atoms. The van der Waals surface area contributed by atoms with Gasteiger partial charge in [-0.25, -0.2) is 13.4 Å². The fourth-order valence-electron chi connectivity index (χ4n) is 3.09. The van der Waals surface area contributed by atoms with Gasteiger partial charge in [-0.3, -0.25) is 10.1 Å². The summed E-state index contributed by atoms with van der Waals surface area (Å²) >= 11 is 0. The molecule has 0 radical (unpaired) electrons. The number of aryl methyl sites for hydroxylation is 1. The van der Waals surface area contributed by atoms with Gasteiger partial charge < -0.3 is 4.98 Å². The number of fused-ring (bicyclic) bond motifs is 1. The number of non-ortho nitro benzene ring substituents is 1. The Labute approximate surface area is 149 Å². The molecule has 1 aromatic heterocycles. The van der Waals surface area contributed by atoms with Gasteiger partial charge in [0.1, 0.15) is 5.82 Å². The number of benzene rings is 2. The van der Waals surface area contributed by atoms with Crippen molar-refractivity contribution in [3.63, 3.8) is 0 Å². The molecule has 0 unspecified atom stereocenters. The zero-order valence-electron chi connectivity index (χ0n) is 13.9. The molecule has 3 aromatic rings. The SMILES string of the molecule is Cc1ccc([N+](=O)[O-])cc1S(=O)(=O)N1CC(c2nc3ccccc3[nH]2)C1. The van der Waals surface area contributed by atoms with Crippen LogP contribution in [-0.4, -0.2) is 40.7 Å². The zero-order valence-corrected chi connectivity index (χ0v) is 14.7. The highest BCUT2D eigenvalue weighted by atomic mass is 32.2. The standard InChI is InChI=1S/C17H16N4O4S/c1-11-6-7-13(21(22)23)8-16(11)26(24,25)20-9-12(10-20)17-18-14-4-2-3-5-15(14)19-17/h2-8,12H,9-10H2,1H3,(H,18,19). The van der Waals surface area contributed by atoms with Crippen molar-refractivity contribution in [2.75, 3.05) is 13.1 Å². The molecule has 26 heavy (non-hydrogen) atoms. The maximum absolute atomic E-state index is 12.8. The van der Waals surface area contributed by atoms with Crippen LogP contribution in [0.3, 0.4) is 0 Å². The number of rotatable bonds is 4. The lowest BCUT2D eigenvalue weighted by Gasteiger charge is -2.37. The number of nitrogens with zero attached hydrogens (tertiary/aromatic N) is 3. The van der Waals surface area contributed by atoms with E-state index in [2.05, 4.69) is 9.97 Å². The van der Waals surface area contributed by atoms with Crippen molar-refractivity contribution in [2.45, 2.75) is 17.7 Å². The number of aromatic amines is 1. The molecule has 1 aliphatic rings. The molecule has 1 saturated heterocycles. The topological polar surface area (TPSA) is 109 Å². The van der Waals surface area contributed by atoms with Crippen LogP contribution in [0.15, 0.2) is 47.4 Å². The van der Waals surface area contributed by atoms with Crippen LogP contribution in [0.25, 0.3) is 11.0 Å². The Kier molecular flexibility index (Phi) is 3.78. The predicted octanol–water partition coefficient (Wildman–Crippen LogP) is 2.57. The summed E-state index contributed by atoms with van der Waals surface area (Å²) in [6.07, 6.45) is 0. The molecule has 9 heteroatoms. The maximum atomic E-state index is 12.8. The van der Waals surface area contributed by atoms with Crippen molar-refractivity contribution in [2.24, 2.45) is 0 Å². The third kappa shape index (κ3) is 2.65. The Morgan fingerprint density at radius 1 is 1.23 bits per heavy atom. The van der Waals surface area contributed by atoms with E-state index in [0.29, 0.717) is 18.7 Å². The highest BCUT2D eigenvalue weighted by molar-refractivity contribution is 7.89. The molecule has 0 amide bonds. The van der Waals surface area contributed by atoms with E-state index in [1.165, 1.54) is 16.4 Å². The average molecular weight is 372 g/mol. The summed E-state index contributed by atoms with van der Waals surface area (Å²) in [5.74, 6) is 0.740. The smallest absolute Gasteiger partial charge is 0.270 e. The van der Waals surface area contributed by atoms with Crippen LogP contribution in [0.4, 0.5) is 5.69 Å². The van der Waals surface area contributed by atoms with Gasteiger partial charge in [0.2, 0.25) is 10.0 Å². The number of nitro groups is 1. The first-order chi connectivity index (χ1) is 12.4. The monoisotopic (exact) mass is 372 g/mol. The number of nitro benzene ring substituents is 1. The van der Waals surface area contributed by atoms with Crippen molar-refractivity contribution < 1.29 is 13.3 Å². The summed E-state index contributed by atoms with van der Waals surface area (Å²) in [6.45, 7) is 2.22. The van der Waals surface area contributed by atoms with Gasteiger partial charge in [-0.05, 0) is 24.6 Å². The minimum Gasteiger partial charge on any atom is -0.342 e. The molecule has 134 valence electrons. The molecular formula is C17H16N4O4S. The normalized spacial score (nSPS) is 15.9. The second-order valence-electron chi connectivity index (χ2n) is 6.37. The molecule has 8 nitrogen and oxygen atoms in total. The number of H-pyrrole nitrogens is 1. The van der Waals surface area contributed by atoms with E-state index in [4.69, 9.17) is 0 Å². The molecule has 0 atom stereocenters. The number of para-hydroxylation sites is 2. The van der Waals surface area contributed by atoms with Crippen LogP contribution < -0.4 is 0 Å². The van der Waals surface area contributed by atoms with E-state index in [0.717, 1.165) is 22.9 Å². The van der Waals surface area contributed by atoms with Gasteiger partial charge in [-0.15, -0.1) is 0 Å². The van der Waals surface area contributed by atoms with Gasteiger partial charge in [0.05, 0.1) is 20.9 Å². The molecule has 2 aromatic carbocycles. The van der Waals surface area contributed by atoms with Crippen molar-refractivity contribution in [3.8, 4) is 0 Å². The van der Waals surface area contributed by atoms with Gasteiger partial charge in [0.25, 0.3) is 5.69 Å². The third-order valence-electron chi connectivity index (χ3n) is 4.64. The fourth-order valence-corrected chi connectivity index (χ4v) is 4.87. The van der Waals surface area contributed by atoms with Gasteiger partial charge in [0, 0.05) is 31.1 Å². The van der Waals surface area contributed by atoms with Gasteiger partial charge in [-0.2, -0.15) is 4.31 Å². The van der Waals surface area contributed by atoms with E-state index < -0.39 is 14.9 Å². The number of hydrogen-bond acceptors (Lipinski definition) is 5. The average Bonchev–Trinajstić information content (AvgIpc) is 2.96. The summed E-state index contributed by atoms with van der Waals surface area (Å²) < 4.78 is 27.0. The highest BCUT2D eigenvalue weighted by Gasteiger charge is 2.40. The molecule has 0 spiro atoms. The van der Waals surface area contributed by atoms with E-state index in [9.17, 15) is 18.5 Å². The highest BCUT2D eigenvalue weighted by Crippen LogP contribution is 2.33. The number of hydrogen-bond donors (Lipinski definition) is 1. The van der Waals surface area contributed by atoms with Crippen LogP contribution in [0.5, 0.6) is 0 Å². The lowest BCUT2D eigenvalue weighted by atomic mass is 10.0. The molecule has 1 N–H and O–H groups in total. The van der Waals surface area contributed by atoms with E-state index in [1.807, 2.05) is 24.3 Å². The van der Waals surface area contributed by atoms with Gasteiger partial charge >= 0.3 is 0 Å². The molecule has 0 aliphatic carbocycles. The molecule has 0 saturated carbocycles. The van der Waals surface area contributed by atoms with Crippen LogP contribution in [0, 0.1) is 17.0 Å². The van der Waals surface area contributed by atoms with E-state index in [1.54, 1.807) is 6.92 Å². The van der Waals surface area contributed by atoms with Gasteiger partial charge in [0.15, 0.2) is 0 Å².